The number of rotatable bonds is 3. The van der Waals surface area contributed by atoms with Gasteiger partial charge in [0.2, 0.25) is 0 Å². The molecule has 1 atom stereocenters. The van der Waals surface area contributed by atoms with Crippen LogP contribution in [0.4, 0.5) is 9.18 Å². The van der Waals surface area contributed by atoms with Gasteiger partial charge in [-0.25, -0.2) is 18.7 Å². The number of hydrogen-bond acceptors (Lipinski definition) is 4. The van der Waals surface area contributed by atoms with Gasteiger partial charge in [-0.2, -0.15) is 5.10 Å². The van der Waals surface area contributed by atoms with Crippen molar-refractivity contribution in [1.29, 1.82) is 0 Å². The average molecular weight is 352 g/mol. The molecule has 10 heteroatoms. The van der Waals surface area contributed by atoms with Crippen LogP contribution in [0.15, 0.2) is 29.2 Å². The van der Waals surface area contributed by atoms with Gasteiger partial charge in [-0.3, -0.25) is 9.89 Å². The normalized spacial score (nSPS) is 12.3. The molecule has 0 spiro atoms. The van der Waals surface area contributed by atoms with Crippen molar-refractivity contribution in [2.24, 2.45) is 0 Å². The Balaban J connectivity index is 2.40. The van der Waals surface area contributed by atoms with E-state index >= 15 is 0 Å². The molecule has 1 aromatic carbocycles. The number of H-pyrrole nitrogens is 1. The van der Waals surface area contributed by atoms with Crippen molar-refractivity contribution in [3.05, 3.63) is 51.4 Å². The van der Waals surface area contributed by atoms with Gasteiger partial charge in [0, 0.05) is 6.07 Å². The molecule has 24 heavy (non-hydrogen) atoms. The number of hydrogen-bond donors (Lipinski definition) is 3. The molecule has 0 saturated heterocycles. The third-order valence-electron chi connectivity index (χ3n) is 3.40. The molecule has 0 saturated carbocycles. The van der Waals surface area contributed by atoms with Gasteiger partial charge in [-0.1, -0.05) is 11.6 Å². The van der Waals surface area contributed by atoms with Crippen LogP contribution in [0.25, 0.3) is 16.7 Å². The van der Waals surface area contributed by atoms with Gasteiger partial charge in [-0.15, -0.1) is 0 Å². The maximum Gasteiger partial charge on any atom is 0.405 e. The molecule has 0 fully saturated rings. The largest absolute Gasteiger partial charge is 0.465 e. The average Bonchev–Trinajstić information content (AvgIpc) is 3.03. The fourth-order valence-corrected chi connectivity index (χ4v) is 2.58. The number of nitrogens with one attached hydrogen (secondary N) is 2. The van der Waals surface area contributed by atoms with Gasteiger partial charge in [0.15, 0.2) is 0 Å². The predicted molar refractivity (Wildman–Crippen MR) is 84.0 cm³/mol. The van der Waals surface area contributed by atoms with Crippen molar-refractivity contribution in [3.8, 4) is 5.82 Å². The van der Waals surface area contributed by atoms with Crippen LogP contribution in [0.3, 0.4) is 0 Å². The zero-order chi connectivity index (χ0) is 17.4. The molecule has 0 bridgehead atoms. The lowest BCUT2D eigenvalue weighted by atomic mass is 10.2. The monoisotopic (exact) mass is 351 g/mol. The smallest absolute Gasteiger partial charge is 0.405 e. The first-order chi connectivity index (χ1) is 11.4. The molecule has 0 aliphatic heterocycles. The number of amides is 1. The van der Waals surface area contributed by atoms with Gasteiger partial charge in [-0.05, 0) is 19.1 Å². The number of aromatic amines is 1. The molecule has 0 aliphatic rings. The Hall–Kier alpha value is -2.94. The number of fused-ring (bicyclic) bond motifs is 1. The number of halogens is 2. The minimum atomic E-state index is -1.29. The molecule has 2 aromatic heterocycles. The van der Waals surface area contributed by atoms with E-state index in [1.807, 2.05) is 0 Å². The third kappa shape index (κ3) is 2.58. The number of nitrogens with zero attached hydrogens (tertiary/aromatic N) is 3. The van der Waals surface area contributed by atoms with Crippen molar-refractivity contribution in [1.82, 2.24) is 25.1 Å². The van der Waals surface area contributed by atoms with Crippen molar-refractivity contribution in [2.45, 2.75) is 13.0 Å². The highest BCUT2D eigenvalue weighted by atomic mass is 35.5. The van der Waals surface area contributed by atoms with Crippen LogP contribution >= 0.6 is 11.6 Å². The van der Waals surface area contributed by atoms with Gasteiger partial charge < -0.3 is 10.4 Å². The van der Waals surface area contributed by atoms with Crippen molar-refractivity contribution in [2.75, 3.05) is 0 Å². The Morgan fingerprint density at radius 1 is 1.46 bits per heavy atom. The van der Waals surface area contributed by atoms with E-state index in [0.717, 1.165) is 10.6 Å². The van der Waals surface area contributed by atoms with Gasteiger partial charge in [0.05, 0.1) is 22.8 Å². The summed E-state index contributed by atoms with van der Waals surface area (Å²) in [5, 5.41) is 17.3. The third-order valence-corrected chi connectivity index (χ3v) is 3.71. The van der Waals surface area contributed by atoms with E-state index in [9.17, 15) is 14.0 Å². The second-order valence-corrected chi connectivity index (χ2v) is 5.38. The van der Waals surface area contributed by atoms with Crippen molar-refractivity contribution >= 4 is 28.6 Å². The summed E-state index contributed by atoms with van der Waals surface area (Å²) in [6, 6.07) is 2.98. The number of carboxylic acid groups (broad SMARTS) is 1. The minimum Gasteiger partial charge on any atom is -0.465 e. The zero-order valence-corrected chi connectivity index (χ0v) is 13.0. The van der Waals surface area contributed by atoms with E-state index in [2.05, 4.69) is 20.5 Å². The molecule has 1 unspecified atom stereocenters. The quantitative estimate of drug-likeness (QED) is 0.669. The van der Waals surface area contributed by atoms with Crippen LogP contribution in [-0.4, -0.2) is 30.9 Å². The Morgan fingerprint density at radius 3 is 2.83 bits per heavy atom. The first-order valence-electron chi connectivity index (χ1n) is 6.80. The minimum absolute atomic E-state index is 0.0357. The van der Waals surface area contributed by atoms with Gasteiger partial charge in [0.25, 0.3) is 5.56 Å². The predicted octanol–water partition coefficient (Wildman–Crippen LogP) is 2.23. The van der Waals surface area contributed by atoms with Crippen LogP contribution < -0.4 is 10.9 Å². The maximum atomic E-state index is 14.1. The Labute approximate surface area is 138 Å². The van der Waals surface area contributed by atoms with Crippen LogP contribution in [0.1, 0.15) is 18.8 Å². The molecule has 1 amide bonds. The summed E-state index contributed by atoms with van der Waals surface area (Å²) >= 11 is 6.03. The van der Waals surface area contributed by atoms with Gasteiger partial charge in [0.1, 0.15) is 22.8 Å². The summed E-state index contributed by atoms with van der Waals surface area (Å²) in [7, 11) is 0. The summed E-state index contributed by atoms with van der Waals surface area (Å²) in [6.45, 7) is 1.50. The molecule has 8 nitrogen and oxygen atoms in total. The number of benzene rings is 1. The van der Waals surface area contributed by atoms with E-state index in [1.165, 1.54) is 25.3 Å². The van der Waals surface area contributed by atoms with E-state index < -0.39 is 23.5 Å². The molecule has 3 aromatic rings. The standard InChI is InChI=1S/C14H11ClFN5O3/c1-6(18-14(23)24)12-19-11-7(15)2-3-8(16)10(11)13(22)21(12)9-4-5-17-20-9/h2-6,18H,1H3,(H,17,20)(H,23,24). The topological polar surface area (TPSA) is 113 Å². The van der Waals surface area contributed by atoms with Crippen LogP contribution in [0.5, 0.6) is 0 Å². The highest BCUT2D eigenvalue weighted by Crippen LogP contribution is 2.24. The first-order valence-corrected chi connectivity index (χ1v) is 7.18. The summed E-state index contributed by atoms with van der Waals surface area (Å²) < 4.78 is 15.2. The highest BCUT2D eigenvalue weighted by molar-refractivity contribution is 6.35. The lowest BCUT2D eigenvalue weighted by Gasteiger charge is -2.17. The zero-order valence-electron chi connectivity index (χ0n) is 12.2. The van der Waals surface area contributed by atoms with Gasteiger partial charge >= 0.3 is 6.09 Å². The fourth-order valence-electron chi connectivity index (χ4n) is 2.38. The van der Waals surface area contributed by atoms with Crippen molar-refractivity contribution in [3.63, 3.8) is 0 Å². The Morgan fingerprint density at radius 2 is 2.21 bits per heavy atom. The SMILES string of the molecule is CC(NC(=O)O)c1nc2c(Cl)ccc(F)c2c(=O)n1-c1ccn[nH]1. The number of aromatic nitrogens is 4. The second-order valence-electron chi connectivity index (χ2n) is 4.98. The maximum absolute atomic E-state index is 14.1. The number of carbonyl (C=O) groups is 1. The molecule has 124 valence electrons. The summed E-state index contributed by atoms with van der Waals surface area (Å²) in [6.07, 6.45) is 0.109. The molecule has 3 N–H and O–H groups in total. The molecular weight excluding hydrogens is 341 g/mol. The summed E-state index contributed by atoms with van der Waals surface area (Å²) in [4.78, 5) is 28.0. The lowest BCUT2D eigenvalue weighted by molar-refractivity contribution is 0.190. The summed E-state index contributed by atoms with van der Waals surface area (Å²) in [5.74, 6) is -0.500. The Bertz CT molecular complexity index is 986. The van der Waals surface area contributed by atoms with E-state index in [4.69, 9.17) is 16.7 Å². The van der Waals surface area contributed by atoms with Crippen molar-refractivity contribution < 1.29 is 14.3 Å². The molecule has 2 heterocycles. The van der Waals surface area contributed by atoms with E-state index in [0.29, 0.717) is 0 Å². The molecule has 3 rings (SSSR count). The lowest BCUT2D eigenvalue weighted by Crippen LogP contribution is -2.33. The van der Waals surface area contributed by atoms with E-state index in [-0.39, 0.29) is 27.6 Å². The summed E-state index contributed by atoms with van der Waals surface area (Å²) in [5.41, 5.74) is -0.759. The molecule has 0 aliphatic carbocycles. The fraction of sp³-hybridized carbons (Fsp3) is 0.143. The first kappa shape index (κ1) is 15.9. The van der Waals surface area contributed by atoms with E-state index in [1.54, 1.807) is 0 Å². The highest BCUT2D eigenvalue weighted by Gasteiger charge is 2.22. The van der Waals surface area contributed by atoms with Crippen LogP contribution in [0.2, 0.25) is 5.02 Å². The molecule has 0 radical (unpaired) electrons. The second kappa shape index (κ2) is 5.93. The van der Waals surface area contributed by atoms with Crippen LogP contribution in [-0.2, 0) is 0 Å². The van der Waals surface area contributed by atoms with Crippen LogP contribution in [0, 0.1) is 5.82 Å². The molecular formula is C14H11ClFN5O3. The Kier molecular flexibility index (Phi) is 3.94.